The number of aryl methyl sites for hydroxylation is 1. The summed E-state index contributed by atoms with van der Waals surface area (Å²) in [5, 5.41) is 4.29. The van der Waals surface area contributed by atoms with Gasteiger partial charge in [-0.25, -0.2) is 18.2 Å². The van der Waals surface area contributed by atoms with Crippen LogP contribution >= 0.6 is 11.3 Å². The standard InChI is InChI=1S/C18H23N3O5S2/c1-5-21(6-2)28(24,25)15-10-13(9-8-12(15)4)16(22)20-18-19-14(11-27-18)17(23)26-7-3/h8-11H,5-7H2,1-4H3,(H,19,20,22). The van der Waals surface area contributed by atoms with E-state index in [1.54, 1.807) is 39.8 Å². The van der Waals surface area contributed by atoms with E-state index < -0.39 is 21.9 Å². The third kappa shape index (κ3) is 4.75. The number of esters is 1. The van der Waals surface area contributed by atoms with Crippen molar-refractivity contribution in [2.45, 2.75) is 32.6 Å². The van der Waals surface area contributed by atoms with Crippen LogP contribution in [0, 0.1) is 6.92 Å². The fourth-order valence-corrected chi connectivity index (χ4v) is 4.90. The van der Waals surface area contributed by atoms with E-state index in [1.807, 2.05) is 0 Å². The third-order valence-electron chi connectivity index (χ3n) is 3.98. The molecule has 2 aromatic rings. The van der Waals surface area contributed by atoms with Crippen molar-refractivity contribution >= 4 is 38.4 Å². The Balaban J connectivity index is 2.27. The molecule has 1 heterocycles. The minimum atomic E-state index is -3.70. The van der Waals surface area contributed by atoms with E-state index in [-0.39, 0.29) is 27.9 Å². The summed E-state index contributed by atoms with van der Waals surface area (Å²) in [6.45, 7) is 7.80. The highest BCUT2D eigenvalue weighted by atomic mass is 32.2. The first-order chi connectivity index (χ1) is 13.2. The Labute approximate surface area is 168 Å². The fourth-order valence-electron chi connectivity index (χ4n) is 2.52. The van der Waals surface area contributed by atoms with Gasteiger partial charge in [0.25, 0.3) is 5.91 Å². The van der Waals surface area contributed by atoms with Gasteiger partial charge < -0.3 is 4.74 Å². The second-order valence-corrected chi connectivity index (χ2v) is 8.55. The number of anilines is 1. The van der Waals surface area contributed by atoms with Crippen molar-refractivity contribution in [2.24, 2.45) is 0 Å². The van der Waals surface area contributed by atoms with Gasteiger partial charge in [0.2, 0.25) is 10.0 Å². The number of ether oxygens (including phenoxy) is 1. The maximum Gasteiger partial charge on any atom is 0.357 e. The maximum absolute atomic E-state index is 12.8. The summed E-state index contributed by atoms with van der Waals surface area (Å²) in [6, 6.07) is 4.50. The van der Waals surface area contributed by atoms with Gasteiger partial charge in [-0.15, -0.1) is 11.3 Å². The fraction of sp³-hybridized carbons (Fsp3) is 0.389. The normalized spacial score (nSPS) is 11.5. The number of thiazole rings is 1. The largest absolute Gasteiger partial charge is 0.461 e. The van der Waals surface area contributed by atoms with Gasteiger partial charge in [0.1, 0.15) is 0 Å². The molecule has 0 bridgehead atoms. The summed E-state index contributed by atoms with van der Waals surface area (Å²) in [7, 11) is -3.70. The number of amides is 1. The average Bonchev–Trinajstić information content (AvgIpc) is 3.11. The Hall–Kier alpha value is -2.30. The summed E-state index contributed by atoms with van der Waals surface area (Å²) in [6.07, 6.45) is 0. The van der Waals surface area contributed by atoms with Gasteiger partial charge in [-0.1, -0.05) is 19.9 Å². The zero-order valence-electron chi connectivity index (χ0n) is 16.2. The Morgan fingerprint density at radius 1 is 1.21 bits per heavy atom. The lowest BCUT2D eigenvalue weighted by Gasteiger charge is -2.20. The van der Waals surface area contributed by atoms with Crippen LogP contribution in [-0.4, -0.2) is 49.3 Å². The number of nitrogens with one attached hydrogen (secondary N) is 1. The molecule has 0 aliphatic carbocycles. The Morgan fingerprint density at radius 3 is 2.50 bits per heavy atom. The van der Waals surface area contributed by atoms with Crippen molar-refractivity contribution in [2.75, 3.05) is 25.0 Å². The zero-order valence-corrected chi connectivity index (χ0v) is 17.8. The van der Waals surface area contributed by atoms with Crippen LogP contribution in [0.4, 0.5) is 5.13 Å². The van der Waals surface area contributed by atoms with E-state index in [1.165, 1.54) is 15.8 Å². The van der Waals surface area contributed by atoms with Crippen LogP contribution in [0.1, 0.15) is 47.2 Å². The van der Waals surface area contributed by atoms with Crippen molar-refractivity contribution in [3.8, 4) is 0 Å². The molecule has 152 valence electrons. The number of hydrogen-bond acceptors (Lipinski definition) is 7. The molecule has 0 saturated carbocycles. The first kappa shape index (κ1) is 22.0. The number of nitrogens with zero attached hydrogens (tertiary/aromatic N) is 2. The van der Waals surface area contributed by atoms with Crippen molar-refractivity contribution < 1.29 is 22.7 Å². The lowest BCUT2D eigenvalue weighted by molar-refractivity contribution is 0.0520. The van der Waals surface area contributed by atoms with Crippen molar-refractivity contribution in [1.82, 2.24) is 9.29 Å². The molecule has 8 nitrogen and oxygen atoms in total. The molecule has 0 unspecified atom stereocenters. The van der Waals surface area contributed by atoms with E-state index in [9.17, 15) is 18.0 Å². The Kier molecular flexibility index (Phi) is 7.28. The smallest absolute Gasteiger partial charge is 0.357 e. The lowest BCUT2D eigenvalue weighted by atomic mass is 10.1. The van der Waals surface area contributed by atoms with Gasteiger partial charge in [0.15, 0.2) is 10.8 Å². The number of sulfonamides is 1. The molecule has 0 spiro atoms. The SMILES string of the molecule is CCOC(=O)c1csc(NC(=O)c2ccc(C)c(S(=O)(=O)N(CC)CC)c2)n1. The molecule has 0 aliphatic heterocycles. The highest BCUT2D eigenvalue weighted by molar-refractivity contribution is 7.89. The number of rotatable bonds is 8. The minimum absolute atomic E-state index is 0.0928. The number of benzene rings is 1. The molecule has 10 heteroatoms. The monoisotopic (exact) mass is 425 g/mol. The molecule has 28 heavy (non-hydrogen) atoms. The summed E-state index contributed by atoms with van der Waals surface area (Å²) in [5.41, 5.74) is 0.849. The molecular formula is C18H23N3O5S2. The molecular weight excluding hydrogens is 402 g/mol. The second-order valence-electron chi connectivity index (χ2n) is 5.78. The van der Waals surface area contributed by atoms with Crippen LogP contribution in [0.3, 0.4) is 0 Å². The van der Waals surface area contributed by atoms with Gasteiger partial charge in [-0.2, -0.15) is 4.31 Å². The van der Waals surface area contributed by atoms with Gasteiger partial charge in [-0.3, -0.25) is 10.1 Å². The molecule has 1 aromatic carbocycles. The van der Waals surface area contributed by atoms with Crippen LogP contribution in [0.5, 0.6) is 0 Å². The molecule has 2 rings (SSSR count). The maximum atomic E-state index is 12.8. The summed E-state index contributed by atoms with van der Waals surface area (Å²) >= 11 is 1.08. The Morgan fingerprint density at radius 2 is 1.89 bits per heavy atom. The molecule has 1 aromatic heterocycles. The highest BCUT2D eigenvalue weighted by Gasteiger charge is 2.25. The van der Waals surface area contributed by atoms with Gasteiger partial charge in [0.05, 0.1) is 11.5 Å². The molecule has 0 atom stereocenters. The van der Waals surface area contributed by atoms with Gasteiger partial charge in [0, 0.05) is 24.0 Å². The molecule has 0 saturated heterocycles. The number of carbonyl (C=O) groups excluding carboxylic acids is 2. The predicted molar refractivity (Wildman–Crippen MR) is 107 cm³/mol. The summed E-state index contributed by atoms with van der Waals surface area (Å²) in [4.78, 5) is 28.3. The van der Waals surface area contributed by atoms with E-state index in [0.29, 0.717) is 18.7 Å². The van der Waals surface area contributed by atoms with E-state index >= 15 is 0 Å². The zero-order chi connectivity index (χ0) is 20.9. The van der Waals surface area contributed by atoms with Crippen molar-refractivity contribution in [1.29, 1.82) is 0 Å². The van der Waals surface area contributed by atoms with Crippen LogP contribution in [0.25, 0.3) is 0 Å². The quantitative estimate of drug-likeness (QED) is 0.652. The second kappa shape index (κ2) is 9.26. The van der Waals surface area contributed by atoms with E-state index in [2.05, 4.69) is 10.3 Å². The number of carbonyl (C=O) groups is 2. The van der Waals surface area contributed by atoms with Crippen LogP contribution in [0.15, 0.2) is 28.5 Å². The number of aromatic nitrogens is 1. The van der Waals surface area contributed by atoms with Crippen molar-refractivity contribution in [3.05, 3.63) is 40.4 Å². The molecule has 1 amide bonds. The third-order valence-corrected chi connectivity index (χ3v) is 6.93. The van der Waals surface area contributed by atoms with Gasteiger partial charge >= 0.3 is 5.97 Å². The van der Waals surface area contributed by atoms with Crippen LogP contribution < -0.4 is 5.32 Å². The van der Waals surface area contributed by atoms with Gasteiger partial charge in [-0.05, 0) is 31.5 Å². The lowest BCUT2D eigenvalue weighted by Crippen LogP contribution is -2.31. The molecule has 0 radical (unpaired) electrons. The van der Waals surface area contributed by atoms with E-state index in [4.69, 9.17) is 4.74 Å². The summed E-state index contributed by atoms with van der Waals surface area (Å²) in [5.74, 6) is -1.08. The van der Waals surface area contributed by atoms with E-state index in [0.717, 1.165) is 11.3 Å². The topological polar surface area (TPSA) is 106 Å². The predicted octanol–water partition coefficient (Wildman–Crippen LogP) is 2.91. The highest BCUT2D eigenvalue weighted by Crippen LogP contribution is 2.23. The molecule has 1 N–H and O–H groups in total. The van der Waals surface area contributed by atoms with Crippen LogP contribution in [-0.2, 0) is 14.8 Å². The minimum Gasteiger partial charge on any atom is -0.461 e. The first-order valence-electron chi connectivity index (χ1n) is 8.79. The first-order valence-corrected chi connectivity index (χ1v) is 11.1. The summed E-state index contributed by atoms with van der Waals surface area (Å²) < 4.78 is 31.8. The average molecular weight is 426 g/mol. The molecule has 0 fully saturated rings. The Bertz CT molecular complexity index is 965. The van der Waals surface area contributed by atoms with Crippen molar-refractivity contribution in [3.63, 3.8) is 0 Å². The van der Waals surface area contributed by atoms with Crippen LogP contribution in [0.2, 0.25) is 0 Å². The molecule has 0 aliphatic rings. The number of hydrogen-bond donors (Lipinski definition) is 1.